The molecule has 2 aromatic heterocycles. The second-order valence-electron chi connectivity index (χ2n) is 5.59. The molecule has 0 spiro atoms. The first-order valence-electron chi connectivity index (χ1n) is 7.49. The number of halogens is 2. The summed E-state index contributed by atoms with van der Waals surface area (Å²) in [6.07, 6.45) is 3.56. The highest BCUT2D eigenvalue weighted by Crippen LogP contribution is 2.22. The molecule has 124 valence electrons. The maximum absolute atomic E-state index is 14.3. The van der Waals surface area contributed by atoms with Gasteiger partial charge in [-0.1, -0.05) is 23.7 Å². The zero-order valence-electron chi connectivity index (χ0n) is 13.4. The molecule has 0 radical (unpaired) electrons. The van der Waals surface area contributed by atoms with Gasteiger partial charge in [0.25, 0.3) is 0 Å². The van der Waals surface area contributed by atoms with E-state index in [1.165, 1.54) is 10.7 Å². The van der Waals surface area contributed by atoms with Crippen LogP contribution in [0.15, 0.2) is 42.7 Å². The number of aromatic nitrogens is 4. The average molecular weight is 346 g/mol. The van der Waals surface area contributed by atoms with E-state index < -0.39 is 5.82 Å². The molecule has 3 aromatic rings. The maximum Gasteiger partial charge on any atom is 0.167 e. The van der Waals surface area contributed by atoms with Crippen molar-refractivity contribution >= 4 is 11.6 Å². The first-order chi connectivity index (χ1) is 11.5. The van der Waals surface area contributed by atoms with Crippen LogP contribution in [0.4, 0.5) is 4.39 Å². The Kier molecular flexibility index (Phi) is 4.87. The standard InChI is InChI=1S/C17H17ClFN5/c1-12-21-16(11-23(2)10-13-5-4-8-20-9-13)24(22-12)15-7-3-6-14(18)17(15)19/h3-9H,10-11H2,1-2H3. The molecule has 0 unspecified atom stereocenters. The smallest absolute Gasteiger partial charge is 0.167 e. The SMILES string of the molecule is Cc1nc(CN(C)Cc2cccnc2)n(-c2cccc(Cl)c2F)n1. The fraction of sp³-hybridized carbons (Fsp3) is 0.235. The third-order valence-corrected chi connectivity index (χ3v) is 3.82. The summed E-state index contributed by atoms with van der Waals surface area (Å²) in [6.45, 7) is 3.00. The topological polar surface area (TPSA) is 46.8 Å². The summed E-state index contributed by atoms with van der Waals surface area (Å²) in [4.78, 5) is 10.6. The van der Waals surface area contributed by atoms with Gasteiger partial charge >= 0.3 is 0 Å². The second kappa shape index (κ2) is 7.07. The Balaban J connectivity index is 1.85. The van der Waals surface area contributed by atoms with Crippen LogP contribution in [-0.2, 0) is 13.1 Å². The van der Waals surface area contributed by atoms with Crippen LogP contribution >= 0.6 is 11.6 Å². The summed E-state index contributed by atoms with van der Waals surface area (Å²) in [7, 11) is 1.97. The first-order valence-corrected chi connectivity index (χ1v) is 7.87. The van der Waals surface area contributed by atoms with Crippen molar-refractivity contribution in [1.29, 1.82) is 0 Å². The molecular weight excluding hydrogens is 329 g/mol. The zero-order valence-corrected chi connectivity index (χ0v) is 14.2. The molecule has 2 heterocycles. The van der Waals surface area contributed by atoms with Gasteiger partial charge in [-0.05, 0) is 37.7 Å². The molecular formula is C17H17ClFN5. The average Bonchev–Trinajstić information content (AvgIpc) is 2.91. The normalized spacial score (nSPS) is 11.2. The van der Waals surface area contributed by atoms with Crippen molar-refractivity contribution in [3.05, 3.63) is 70.8 Å². The van der Waals surface area contributed by atoms with Gasteiger partial charge in [-0.15, -0.1) is 0 Å². The minimum Gasteiger partial charge on any atom is -0.295 e. The Morgan fingerprint density at radius 1 is 1.21 bits per heavy atom. The van der Waals surface area contributed by atoms with Crippen LogP contribution in [0.3, 0.4) is 0 Å². The molecule has 0 N–H and O–H groups in total. The predicted octanol–water partition coefficient (Wildman–Crippen LogP) is 3.40. The molecule has 0 saturated carbocycles. The summed E-state index contributed by atoms with van der Waals surface area (Å²) in [5, 5.41) is 4.38. The molecule has 0 atom stereocenters. The molecule has 0 fully saturated rings. The van der Waals surface area contributed by atoms with Crippen molar-refractivity contribution in [2.75, 3.05) is 7.05 Å². The number of aryl methyl sites for hydroxylation is 1. The largest absolute Gasteiger partial charge is 0.295 e. The lowest BCUT2D eigenvalue weighted by Gasteiger charge is -2.16. The Hall–Kier alpha value is -2.31. The second-order valence-corrected chi connectivity index (χ2v) is 6.00. The number of rotatable bonds is 5. The fourth-order valence-corrected chi connectivity index (χ4v) is 2.68. The Bertz CT molecular complexity index is 834. The zero-order chi connectivity index (χ0) is 17.1. The van der Waals surface area contributed by atoms with Crippen LogP contribution < -0.4 is 0 Å². The van der Waals surface area contributed by atoms with Gasteiger partial charge < -0.3 is 0 Å². The molecule has 24 heavy (non-hydrogen) atoms. The van der Waals surface area contributed by atoms with Gasteiger partial charge in [0.1, 0.15) is 17.3 Å². The van der Waals surface area contributed by atoms with Gasteiger partial charge in [0.05, 0.1) is 11.6 Å². The summed E-state index contributed by atoms with van der Waals surface area (Å²) in [5.41, 5.74) is 1.39. The van der Waals surface area contributed by atoms with Gasteiger partial charge in [0, 0.05) is 18.9 Å². The summed E-state index contributed by atoms with van der Waals surface area (Å²) in [6, 6.07) is 8.76. The minimum absolute atomic E-state index is 0.0651. The molecule has 0 aliphatic heterocycles. The van der Waals surface area contributed by atoms with E-state index in [4.69, 9.17) is 11.6 Å². The molecule has 0 saturated heterocycles. The van der Waals surface area contributed by atoms with Crippen molar-refractivity contribution in [3.63, 3.8) is 0 Å². The molecule has 7 heteroatoms. The monoisotopic (exact) mass is 345 g/mol. The van der Waals surface area contributed by atoms with E-state index in [0.717, 1.165) is 5.56 Å². The molecule has 5 nitrogen and oxygen atoms in total. The van der Waals surface area contributed by atoms with Crippen LogP contribution in [0.2, 0.25) is 5.02 Å². The van der Waals surface area contributed by atoms with Crippen molar-refractivity contribution in [3.8, 4) is 5.69 Å². The van der Waals surface area contributed by atoms with Crippen molar-refractivity contribution in [1.82, 2.24) is 24.6 Å². The lowest BCUT2D eigenvalue weighted by molar-refractivity contribution is 0.307. The van der Waals surface area contributed by atoms with Gasteiger partial charge in [0.15, 0.2) is 5.82 Å². The van der Waals surface area contributed by atoms with E-state index in [1.54, 1.807) is 25.3 Å². The van der Waals surface area contributed by atoms with Crippen molar-refractivity contribution in [2.24, 2.45) is 0 Å². The van der Waals surface area contributed by atoms with Gasteiger partial charge in [0.2, 0.25) is 0 Å². The Morgan fingerprint density at radius 3 is 2.79 bits per heavy atom. The molecule has 0 aliphatic carbocycles. The van der Waals surface area contributed by atoms with Gasteiger partial charge in [-0.3, -0.25) is 9.88 Å². The summed E-state index contributed by atoms with van der Waals surface area (Å²) >= 11 is 5.88. The molecule has 0 aliphatic rings. The molecule has 1 aromatic carbocycles. The Morgan fingerprint density at radius 2 is 2.04 bits per heavy atom. The highest BCUT2D eigenvalue weighted by molar-refractivity contribution is 6.30. The first kappa shape index (κ1) is 16.5. The van der Waals surface area contributed by atoms with E-state index >= 15 is 0 Å². The third kappa shape index (κ3) is 3.60. The van der Waals surface area contributed by atoms with E-state index in [-0.39, 0.29) is 5.02 Å². The number of pyridine rings is 1. The fourth-order valence-electron chi connectivity index (χ4n) is 2.51. The van der Waals surface area contributed by atoms with Crippen LogP contribution in [0.25, 0.3) is 5.69 Å². The Labute approximate surface area is 144 Å². The lowest BCUT2D eigenvalue weighted by Crippen LogP contribution is -2.20. The quantitative estimate of drug-likeness (QED) is 0.711. The van der Waals surface area contributed by atoms with Crippen LogP contribution in [0.1, 0.15) is 17.2 Å². The number of nitrogens with zero attached hydrogens (tertiary/aromatic N) is 5. The lowest BCUT2D eigenvalue weighted by atomic mass is 10.2. The minimum atomic E-state index is -0.500. The van der Waals surface area contributed by atoms with E-state index in [2.05, 4.69) is 20.0 Å². The van der Waals surface area contributed by atoms with E-state index in [9.17, 15) is 4.39 Å². The highest BCUT2D eigenvalue weighted by Gasteiger charge is 2.16. The molecule has 3 rings (SSSR count). The van der Waals surface area contributed by atoms with Crippen LogP contribution in [0.5, 0.6) is 0 Å². The highest BCUT2D eigenvalue weighted by atomic mass is 35.5. The van der Waals surface area contributed by atoms with Crippen molar-refractivity contribution in [2.45, 2.75) is 20.0 Å². The summed E-state index contributed by atoms with van der Waals surface area (Å²) < 4.78 is 15.8. The van der Waals surface area contributed by atoms with E-state index in [0.29, 0.717) is 30.4 Å². The van der Waals surface area contributed by atoms with Gasteiger partial charge in [-0.25, -0.2) is 14.1 Å². The number of hydrogen-bond acceptors (Lipinski definition) is 4. The third-order valence-electron chi connectivity index (χ3n) is 3.53. The van der Waals surface area contributed by atoms with Crippen LogP contribution in [-0.4, -0.2) is 31.7 Å². The predicted molar refractivity (Wildman–Crippen MR) is 90.5 cm³/mol. The van der Waals surface area contributed by atoms with Gasteiger partial charge in [-0.2, -0.15) is 5.10 Å². The van der Waals surface area contributed by atoms with E-state index in [1.807, 2.05) is 25.4 Å². The maximum atomic E-state index is 14.3. The molecule has 0 amide bonds. The molecule has 0 bridgehead atoms. The number of benzene rings is 1. The summed E-state index contributed by atoms with van der Waals surface area (Å²) in [5.74, 6) is 0.736. The number of hydrogen-bond donors (Lipinski definition) is 0. The van der Waals surface area contributed by atoms with Crippen LogP contribution in [0, 0.1) is 12.7 Å². The van der Waals surface area contributed by atoms with Crippen molar-refractivity contribution < 1.29 is 4.39 Å².